The van der Waals surface area contributed by atoms with Gasteiger partial charge in [-0.25, -0.2) is 0 Å². The van der Waals surface area contributed by atoms with E-state index in [0.29, 0.717) is 25.1 Å². The quantitative estimate of drug-likeness (QED) is 0.573. The summed E-state index contributed by atoms with van der Waals surface area (Å²) >= 11 is 0. The summed E-state index contributed by atoms with van der Waals surface area (Å²) in [5, 5.41) is 11.8. The van der Waals surface area contributed by atoms with Crippen molar-refractivity contribution in [2.45, 2.75) is 12.8 Å². The topological polar surface area (TPSA) is 58.6 Å². The number of phenols is 1. The molecule has 0 bridgehead atoms. The number of rotatable bonds is 5. The third kappa shape index (κ3) is 4.46. The van der Waals surface area contributed by atoms with E-state index < -0.39 is 0 Å². The standard InChI is InChI=1S/C11H15NO3/c1-15-8-2-3-11(14)12-9-4-6-10(13)7-5-9/h4-7,13H,2-3,8H2,1H3,(H,12,14). The van der Waals surface area contributed by atoms with Crippen molar-refractivity contribution in [3.63, 3.8) is 0 Å². The van der Waals surface area contributed by atoms with Gasteiger partial charge in [0.25, 0.3) is 0 Å². The Morgan fingerprint density at radius 3 is 2.67 bits per heavy atom. The summed E-state index contributed by atoms with van der Waals surface area (Å²) in [4.78, 5) is 11.3. The van der Waals surface area contributed by atoms with Gasteiger partial charge in [-0.05, 0) is 30.7 Å². The Balaban J connectivity index is 2.34. The minimum Gasteiger partial charge on any atom is -0.508 e. The molecule has 2 N–H and O–H groups in total. The maximum absolute atomic E-state index is 11.3. The Morgan fingerprint density at radius 1 is 1.40 bits per heavy atom. The number of benzene rings is 1. The monoisotopic (exact) mass is 209 g/mol. The SMILES string of the molecule is COCCCC(=O)Nc1ccc(O)cc1. The summed E-state index contributed by atoms with van der Waals surface area (Å²) in [6.07, 6.45) is 1.15. The molecule has 0 aromatic heterocycles. The smallest absolute Gasteiger partial charge is 0.224 e. The summed E-state index contributed by atoms with van der Waals surface area (Å²) in [5.41, 5.74) is 0.690. The van der Waals surface area contributed by atoms with Gasteiger partial charge in [-0.2, -0.15) is 0 Å². The fraction of sp³-hybridized carbons (Fsp3) is 0.364. The number of aromatic hydroxyl groups is 1. The molecular weight excluding hydrogens is 194 g/mol. The van der Waals surface area contributed by atoms with Gasteiger partial charge in [0.2, 0.25) is 5.91 Å². The molecule has 4 nitrogen and oxygen atoms in total. The van der Waals surface area contributed by atoms with Crippen LogP contribution in [0.4, 0.5) is 5.69 Å². The summed E-state index contributed by atoms with van der Waals surface area (Å²) in [7, 11) is 1.61. The maximum atomic E-state index is 11.3. The number of phenolic OH excluding ortho intramolecular Hbond substituents is 1. The molecule has 0 heterocycles. The van der Waals surface area contributed by atoms with Gasteiger partial charge < -0.3 is 15.2 Å². The molecule has 0 aliphatic heterocycles. The van der Waals surface area contributed by atoms with E-state index in [4.69, 9.17) is 9.84 Å². The Hall–Kier alpha value is -1.55. The highest BCUT2D eigenvalue weighted by Crippen LogP contribution is 2.13. The average molecular weight is 209 g/mol. The number of carbonyl (C=O) groups is 1. The number of anilines is 1. The van der Waals surface area contributed by atoms with E-state index in [1.54, 1.807) is 19.2 Å². The van der Waals surface area contributed by atoms with Crippen molar-refractivity contribution in [3.05, 3.63) is 24.3 Å². The molecule has 0 unspecified atom stereocenters. The molecule has 0 radical (unpaired) electrons. The molecule has 0 spiro atoms. The molecule has 82 valence electrons. The zero-order valence-electron chi connectivity index (χ0n) is 8.69. The highest BCUT2D eigenvalue weighted by Gasteiger charge is 2.01. The van der Waals surface area contributed by atoms with Crippen molar-refractivity contribution in [2.24, 2.45) is 0 Å². The molecule has 1 aromatic carbocycles. The lowest BCUT2D eigenvalue weighted by atomic mass is 10.2. The number of amides is 1. The first-order chi connectivity index (χ1) is 7.22. The molecule has 1 rings (SSSR count). The van der Waals surface area contributed by atoms with E-state index in [-0.39, 0.29) is 11.7 Å². The molecular formula is C11H15NO3. The number of ether oxygens (including phenoxy) is 1. The third-order valence-corrected chi connectivity index (χ3v) is 1.90. The van der Waals surface area contributed by atoms with Crippen LogP contribution < -0.4 is 5.32 Å². The minimum absolute atomic E-state index is 0.0438. The van der Waals surface area contributed by atoms with E-state index >= 15 is 0 Å². The van der Waals surface area contributed by atoms with Crippen molar-refractivity contribution >= 4 is 11.6 Å². The van der Waals surface area contributed by atoms with Crippen molar-refractivity contribution in [2.75, 3.05) is 19.0 Å². The largest absolute Gasteiger partial charge is 0.508 e. The van der Waals surface area contributed by atoms with Gasteiger partial charge in [-0.15, -0.1) is 0 Å². The van der Waals surface area contributed by atoms with Crippen molar-refractivity contribution < 1.29 is 14.6 Å². The third-order valence-electron chi connectivity index (χ3n) is 1.90. The van der Waals surface area contributed by atoms with Gasteiger partial charge in [0.1, 0.15) is 5.75 Å². The number of methoxy groups -OCH3 is 1. The Morgan fingerprint density at radius 2 is 2.07 bits per heavy atom. The summed E-state index contributed by atoms with van der Waals surface area (Å²) in [6, 6.07) is 6.38. The van der Waals surface area contributed by atoms with Crippen LogP contribution in [0.5, 0.6) is 5.75 Å². The van der Waals surface area contributed by atoms with Gasteiger partial charge in [0.15, 0.2) is 0 Å². The first-order valence-corrected chi connectivity index (χ1v) is 4.80. The number of nitrogens with one attached hydrogen (secondary N) is 1. The fourth-order valence-corrected chi connectivity index (χ4v) is 1.15. The first-order valence-electron chi connectivity index (χ1n) is 4.80. The average Bonchev–Trinajstić information content (AvgIpc) is 2.22. The Bertz CT molecular complexity index is 308. The van der Waals surface area contributed by atoms with Crippen LogP contribution >= 0.6 is 0 Å². The summed E-state index contributed by atoms with van der Waals surface area (Å²) < 4.78 is 4.85. The normalized spacial score (nSPS) is 9.93. The second-order valence-electron chi connectivity index (χ2n) is 3.19. The van der Waals surface area contributed by atoms with Crippen LogP contribution in [-0.2, 0) is 9.53 Å². The van der Waals surface area contributed by atoms with E-state index in [9.17, 15) is 4.79 Å². The lowest BCUT2D eigenvalue weighted by molar-refractivity contribution is -0.116. The van der Waals surface area contributed by atoms with Crippen LogP contribution in [0, 0.1) is 0 Å². The second kappa shape index (κ2) is 6.03. The molecule has 0 saturated carbocycles. The number of carbonyl (C=O) groups excluding carboxylic acids is 1. The van der Waals surface area contributed by atoms with E-state index in [2.05, 4.69) is 5.32 Å². The maximum Gasteiger partial charge on any atom is 0.224 e. The van der Waals surface area contributed by atoms with Crippen LogP contribution in [-0.4, -0.2) is 24.7 Å². The Labute approximate surface area is 88.9 Å². The zero-order chi connectivity index (χ0) is 11.1. The first kappa shape index (κ1) is 11.5. The second-order valence-corrected chi connectivity index (χ2v) is 3.19. The lowest BCUT2D eigenvalue weighted by Crippen LogP contribution is -2.11. The van der Waals surface area contributed by atoms with E-state index in [1.165, 1.54) is 12.1 Å². The van der Waals surface area contributed by atoms with Gasteiger partial charge in [-0.1, -0.05) is 0 Å². The molecule has 0 atom stereocenters. The van der Waals surface area contributed by atoms with Gasteiger partial charge in [0, 0.05) is 25.8 Å². The van der Waals surface area contributed by atoms with Gasteiger partial charge >= 0.3 is 0 Å². The number of hydrogen-bond donors (Lipinski definition) is 2. The molecule has 0 aliphatic rings. The predicted octanol–water partition coefficient (Wildman–Crippen LogP) is 1.76. The molecule has 1 amide bonds. The summed E-state index contributed by atoms with van der Waals surface area (Å²) in [5.74, 6) is 0.144. The van der Waals surface area contributed by atoms with Gasteiger partial charge in [0.05, 0.1) is 0 Å². The van der Waals surface area contributed by atoms with Crippen molar-refractivity contribution in [3.8, 4) is 5.75 Å². The van der Waals surface area contributed by atoms with Crippen LogP contribution in [0.2, 0.25) is 0 Å². The summed E-state index contributed by atoms with van der Waals surface area (Å²) in [6.45, 7) is 0.586. The highest BCUT2D eigenvalue weighted by atomic mass is 16.5. The molecule has 1 aromatic rings. The Kier molecular flexibility index (Phi) is 4.63. The molecule has 4 heteroatoms. The van der Waals surface area contributed by atoms with E-state index in [0.717, 1.165) is 0 Å². The van der Waals surface area contributed by atoms with Gasteiger partial charge in [-0.3, -0.25) is 4.79 Å². The highest BCUT2D eigenvalue weighted by molar-refractivity contribution is 5.90. The molecule has 15 heavy (non-hydrogen) atoms. The minimum atomic E-state index is -0.0438. The van der Waals surface area contributed by atoms with Crippen molar-refractivity contribution in [1.82, 2.24) is 0 Å². The van der Waals surface area contributed by atoms with Crippen LogP contribution in [0.25, 0.3) is 0 Å². The molecule has 0 saturated heterocycles. The predicted molar refractivity (Wildman–Crippen MR) is 57.8 cm³/mol. The molecule has 0 aliphatic carbocycles. The lowest BCUT2D eigenvalue weighted by Gasteiger charge is -2.04. The van der Waals surface area contributed by atoms with Crippen LogP contribution in [0.1, 0.15) is 12.8 Å². The van der Waals surface area contributed by atoms with Crippen LogP contribution in [0.3, 0.4) is 0 Å². The van der Waals surface area contributed by atoms with Crippen LogP contribution in [0.15, 0.2) is 24.3 Å². The van der Waals surface area contributed by atoms with Crippen molar-refractivity contribution in [1.29, 1.82) is 0 Å². The number of hydrogen-bond acceptors (Lipinski definition) is 3. The molecule has 0 fully saturated rings. The van der Waals surface area contributed by atoms with E-state index in [1.807, 2.05) is 0 Å². The fourth-order valence-electron chi connectivity index (χ4n) is 1.15. The zero-order valence-corrected chi connectivity index (χ0v) is 8.69.